The summed E-state index contributed by atoms with van der Waals surface area (Å²) in [6.07, 6.45) is 2.07. The number of hydrogen-bond donors (Lipinski definition) is 1. The highest BCUT2D eigenvalue weighted by molar-refractivity contribution is 5.99. The smallest absolute Gasteiger partial charge is 0.230 e. The van der Waals surface area contributed by atoms with Gasteiger partial charge < -0.3 is 15.1 Å². The van der Waals surface area contributed by atoms with Crippen LogP contribution in [0.5, 0.6) is 0 Å². The number of para-hydroxylation sites is 2. The SMILES string of the molecule is CCN(CC)CCN(c1ccccc1)c1ncc2c(n1)-c1ccccc1NC(=O)C2. The molecule has 0 bridgehead atoms. The first-order valence-corrected chi connectivity index (χ1v) is 10.5. The van der Waals surface area contributed by atoms with Gasteiger partial charge in [0.2, 0.25) is 11.9 Å². The van der Waals surface area contributed by atoms with Crippen molar-refractivity contribution < 1.29 is 4.79 Å². The van der Waals surface area contributed by atoms with E-state index in [-0.39, 0.29) is 12.3 Å². The molecule has 0 atom stereocenters. The molecule has 0 saturated carbocycles. The van der Waals surface area contributed by atoms with Gasteiger partial charge in [0.25, 0.3) is 0 Å². The third-order valence-electron chi connectivity index (χ3n) is 5.50. The van der Waals surface area contributed by atoms with Gasteiger partial charge in [0.05, 0.1) is 17.8 Å². The Hall–Kier alpha value is -3.25. The molecule has 0 radical (unpaired) electrons. The van der Waals surface area contributed by atoms with E-state index in [1.54, 1.807) is 6.20 Å². The van der Waals surface area contributed by atoms with Crippen molar-refractivity contribution in [1.29, 1.82) is 0 Å². The number of fused-ring (bicyclic) bond motifs is 3. The number of nitrogens with zero attached hydrogens (tertiary/aromatic N) is 4. The van der Waals surface area contributed by atoms with Crippen LogP contribution in [-0.2, 0) is 11.2 Å². The van der Waals surface area contributed by atoms with E-state index < -0.39 is 0 Å². The predicted molar refractivity (Wildman–Crippen MR) is 121 cm³/mol. The Morgan fingerprint density at radius 2 is 1.70 bits per heavy atom. The van der Waals surface area contributed by atoms with E-state index in [0.29, 0.717) is 5.95 Å². The van der Waals surface area contributed by atoms with Crippen LogP contribution in [-0.4, -0.2) is 47.0 Å². The second-order valence-corrected chi connectivity index (χ2v) is 7.33. The van der Waals surface area contributed by atoms with Gasteiger partial charge in [0, 0.05) is 36.1 Å². The average molecular weight is 402 g/mol. The van der Waals surface area contributed by atoms with Gasteiger partial charge in [0.15, 0.2) is 0 Å². The van der Waals surface area contributed by atoms with Crippen LogP contribution < -0.4 is 10.2 Å². The fraction of sp³-hybridized carbons (Fsp3) is 0.292. The molecule has 154 valence electrons. The van der Waals surface area contributed by atoms with Crippen molar-refractivity contribution in [3.05, 3.63) is 66.4 Å². The number of nitrogens with one attached hydrogen (secondary N) is 1. The lowest BCUT2D eigenvalue weighted by Crippen LogP contribution is -2.33. The van der Waals surface area contributed by atoms with E-state index in [9.17, 15) is 4.79 Å². The summed E-state index contributed by atoms with van der Waals surface area (Å²) in [5, 5.41) is 2.98. The molecule has 2 heterocycles. The lowest BCUT2D eigenvalue weighted by molar-refractivity contribution is -0.115. The zero-order chi connectivity index (χ0) is 20.9. The van der Waals surface area contributed by atoms with Crippen LogP contribution in [0.25, 0.3) is 11.3 Å². The van der Waals surface area contributed by atoms with E-state index in [4.69, 9.17) is 4.98 Å². The summed E-state index contributed by atoms with van der Waals surface area (Å²) >= 11 is 0. The van der Waals surface area contributed by atoms with Crippen molar-refractivity contribution >= 4 is 23.2 Å². The van der Waals surface area contributed by atoms with Gasteiger partial charge in [0.1, 0.15) is 0 Å². The van der Waals surface area contributed by atoms with E-state index >= 15 is 0 Å². The maximum absolute atomic E-state index is 12.3. The van der Waals surface area contributed by atoms with Crippen LogP contribution in [0, 0.1) is 0 Å². The van der Waals surface area contributed by atoms with Crippen LogP contribution in [0.1, 0.15) is 19.4 Å². The van der Waals surface area contributed by atoms with Crippen LogP contribution >= 0.6 is 0 Å². The topological polar surface area (TPSA) is 61.4 Å². The fourth-order valence-corrected chi connectivity index (χ4v) is 3.79. The van der Waals surface area contributed by atoms with Crippen molar-refractivity contribution in [2.75, 3.05) is 36.4 Å². The molecule has 1 aromatic heterocycles. The second kappa shape index (κ2) is 9.05. The van der Waals surface area contributed by atoms with Crippen molar-refractivity contribution in [1.82, 2.24) is 14.9 Å². The summed E-state index contributed by atoms with van der Waals surface area (Å²) in [5.74, 6) is 0.607. The number of benzene rings is 2. The molecule has 0 unspecified atom stereocenters. The van der Waals surface area contributed by atoms with Crippen molar-refractivity contribution in [2.45, 2.75) is 20.3 Å². The molecular formula is C24H27N5O. The first kappa shape index (κ1) is 20.0. The number of aromatic nitrogens is 2. The average Bonchev–Trinajstić information content (AvgIpc) is 2.92. The monoisotopic (exact) mass is 401 g/mol. The van der Waals surface area contributed by atoms with Gasteiger partial charge in [-0.1, -0.05) is 50.2 Å². The molecule has 6 heteroatoms. The number of amides is 1. The maximum atomic E-state index is 12.3. The highest BCUT2D eigenvalue weighted by Crippen LogP contribution is 2.34. The standard InChI is InChI=1S/C24H27N5O/c1-3-28(4-2)14-15-29(19-10-6-5-7-11-19)24-25-17-18-16-22(30)26-21-13-9-8-12-20(21)23(18)27-24/h5-13,17H,3-4,14-16H2,1-2H3,(H,26,30). The quantitative estimate of drug-likeness (QED) is 0.645. The molecule has 3 aromatic rings. The Kier molecular flexibility index (Phi) is 6.05. The summed E-state index contributed by atoms with van der Waals surface area (Å²) in [4.78, 5) is 26.5. The third-order valence-corrected chi connectivity index (χ3v) is 5.50. The third kappa shape index (κ3) is 4.19. The Bertz CT molecular complexity index is 1020. The van der Waals surface area contributed by atoms with Crippen LogP contribution in [0.2, 0.25) is 0 Å². The molecule has 1 amide bonds. The summed E-state index contributed by atoms with van der Waals surface area (Å²) in [5.41, 5.74) is 4.44. The minimum atomic E-state index is -0.0426. The van der Waals surface area contributed by atoms with Crippen LogP contribution in [0.4, 0.5) is 17.3 Å². The zero-order valence-electron chi connectivity index (χ0n) is 17.5. The molecule has 1 N–H and O–H groups in total. The van der Waals surface area contributed by atoms with Gasteiger partial charge in [-0.15, -0.1) is 0 Å². The summed E-state index contributed by atoms with van der Waals surface area (Å²) in [6.45, 7) is 8.06. The highest BCUT2D eigenvalue weighted by Gasteiger charge is 2.22. The minimum Gasteiger partial charge on any atom is -0.325 e. The Morgan fingerprint density at radius 3 is 2.47 bits per heavy atom. The molecule has 0 saturated heterocycles. The van der Waals surface area contributed by atoms with Crippen LogP contribution in [0.3, 0.4) is 0 Å². The second-order valence-electron chi connectivity index (χ2n) is 7.33. The number of carbonyl (C=O) groups is 1. The molecular weight excluding hydrogens is 374 g/mol. The molecule has 6 nitrogen and oxygen atoms in total. The van der Waals surface area contributed by atoms with Crippen molar-refractivity contribution in [3.63, 3.8) is 0 Å². The van der Waals surface area contributed by atoms with Crippen molar-refractivity contribution in [3.8, 4) is 11.3 Å². The predicted octanol–water partition coefficient (Wildman–Crippen LogP) is 4.12. The van der Waals surface area contributed by atoms with E-state index in [2.05, 4.69) is 46.1 Å². The number of carbonyl (C=O) groups excluding carboxylic acids is 1. The van der Waals surface area contributed by atoms with Gasteiger partial charge in [-0.3, -0.25) is 4.79 Å². The Balaban J connectivity index is 1.76. The molecule has 1 aliphatic rings. The lowest BCUT2D eigenvalue weighted by Gasteiger charge is -2.27. The molecule has 0 aliphatic carbocycles. The van der Waals surface area contributed by atoms with E-state index in [1.165, 1.54) is 0 Å². The van der Waals surface area contributed by atoms with Crippen LogP contribution in [0.15, 0.2) is 60.8 Å². The molecule has 2 aromatic carbocycles. The molecule has 30 heavy (non-hydrogen) atoms. The molecule has 0 spiro atoms. The molecule has 0 fully saturated rings. The minimum absolute atomic E-state index is 0.0426. The summed E-state index contributed by atoms with van der Waals surface area (Å²) in [7, 11) is 0. The highest BCUT2D eigenvalue weighted by atomic mass is 16.1. The van der Waals surface area contributed by atoms with Gasteiger partial charge >= 0.3 is 0 Å². The fourth-order valence-electron chi connectivity index (χ4n) is 3.79. The van der Waals surface area contributed by atoms with Gasteiger partial charge in [-0.05, 0) is 31.3 Å². The zero-order valence-corrected chi connectivity index (χ0v) is 17.5. The number of anilines is 3. The largest absolute Gasteiger partial charge is 0.325 e. The normalized spacial score (nSPS) is 12.7. The number of hydrogen-bond acceptors (Lipinski definition) is 5. The van der Waals surface area contributed by atoms with Gasteiger partial charge in [-0.2, -0.15) is 0 Å². The maximum Gasteiger partial charge on any atom is 0.230 e. The molecule has 4 rings (SSSR count). The van der Waals surface area contributed by atoms with E-state index in [1.807, 2.05) is 42.5 Å². The lowest BCUT2D eigenvalue weighted by atomic mass is 10.1. The van der Waals surface area contributed by atoms with Crippen molar-refractivity contribution in [2.24, 2.45) is 0 Å². The number of likely N-dealkylation sites (N-methyl/N-ethyl adjacent to an activating group) is 1. The summed E-state index contributed by atoms with van der Waals surface area (Å²) in [6, 6.07) is 18.0. The molecule has 1 aliphatic heterocycles. The first-order chi connectivity index (χ1) is 14.7. The summed E-state index contributed by atoms with van der Waals surface area (Å²) < 4.78 is 0. The van der Waals surface area contributed by atoms with E-state index in [0.717, 1.165) is 54.4 Å². The van der Waals surface area contributed by atoms with Gasteiger partial charge in [-0.25, -0.2) is 9.97 Å². The Morgan fingerprint density at radius 1 is 0.967 bits per heavy atom. The number of rotatable bonds is 7. The Labute approximate surface area is 177 Å². The first-order valence-electron chi connectivity index (χ1n) is 10.5.